The molecule has 0 aliphatic heterocycles. The number of halogens is 1. The van der Waals surface area contributed by atoms with Crippen molar-refractivity contribution in [1.29, 1.82) is 0 Å². The molecule has 0 unspecified atom stereocenters. The zero-order valence-electron chi connectivity index (χ0n) is 10.5. The van der Waals surface area contributed by atoms with Crippen molar-refractivity contribution < 1.29 is 0 Å². The molecule has 0 aliphatic carbocycles. The number of benzene rings is 1. The van der Waals surface area contributed by atoms with Gasteiger partial charge in [0.15, 0.2) is 0 Å². The normalized spacial score (nSPS) is 11.8. The van der Waals surface area contributed by atoms with Crippen LogP contribution in [0.25, 0.3) is 16.5 Å². The first kappa shape index (κ1) is 13.3. The van der Waals surface area contributed by atoms with Crippen molar-refractivity contribution in [2.24, 2.45) is 0 Å². The molecule has 94 valence electrons. The zero-order valence-corrected chi connectivity index (χ0v) is 12.1. The van der Waals surface area contributed by atoms with Crippen LogP contribution in [0, 0.1) is 0 Å². The molecule has 0 saturated carbocycles. The van der Waals surface area contributed by atoms with Crippen LogP contribution in [0.3, 0.4) is 0 Å². The van der Waals surface area contributed by atoms with Crippen molar-refractivity contribution in [2.45, 2.75) is 6.92 Å². The molecule has 0 spiro atoms. The molecule has 0 fully saturated rings. The average Bonchev–Trinajstić information content (AvgIpc) is 2.78. The van der Waals surface area contributed by atoms with Gasteiger partial charge in [0.25, 0.3) is 0 Å². The fourth-order valence-electron chi connectivity index (χ4n) is 1.81. The van der Waals surface area contributed by atoms with Crippen LogP contribution in [0.2, 0.25) is 5.02 Å². The Labute approximate surface area is 117 Å². The Kier molecular flexibility index (Phi) is 4.59. The summed E-state index contributed by atoms with van der Waals surface area (Å²) in [6.45, 7) is 3.05. The summed E-state index contributed by atoms with van der Waals surface area (Å²) < 4.78 is 0. The molecule has 0 aliphatic rings. The predicted octanol–water partition coefficient (Wildman–Crippen LogP) is 4.69. The summed E-state index contributed by atoms with van der Waals surface area (Å²) in [5.74, 6) is 0. The molecular weight excluding hydrogens is 262 g/mol. The minimum atomic E-state index is 0.807. The molecule has 2 aromatic rings. The molecule has 1 heterocycles. The van der Waals surface area contributed by atoms with Crippen molar-refractivity contribution in [3.05, 3.63) is 51.9 Å². The number of hydrogen-bond donors (Lipinski definition) is 1. The Balaban J connectivity index is 2.26. The minimum Gasteiger partial charge on any atom is -0.316 e. The summed E-state index contributed by atoms with van der Waals surface area (Å²) in [4.78, 5) is 2.47. The summed E-state index contributed by atoms with van der Waals surface area (Å²) in [7, 11) is 1.96. The van der Waals surface area contributed by atoms with Gasteiger partial charge in [-0.05, 0) is 38.2 Å². The van der Waals surface area contributed by atoms with E-state index in [1.807, 2.05) is 25.2 Å². The molecule has 0 saturated heterocycles. The molecule has 1 nitrogen and oxygen atoms in total. The Morgan fingerprint density at radius 3 is 2.78 bits per heavy atom. The van der Waals surface area contributed by atoms with E-state index >= 15 is 0 Å². The summed E-state index contributed by atoms with van der Waals surface area (Å²) in [5, 5.41) is 3.96. The van der Waals surface area contributed by atoms with E-state index in [0.29, 0.717) is 0 Å². The summed E-state index contributed by atoms with van der Waals surface area (Å²) >= 11 is 7.97. The Morgan fingerprint density at radius 2 is 2.06 bits per heavy atom. The van der Waals surface area contributed by atoms with E-state index in [4.69, 9.17) is 11.6 Å². The lowest BCUT2D eigenvalue weighted by atomic mass is 10.2. The third-order valence-corrected chi connectivity index (χ3v) is 4.01. The highest BCUT2D eigenvalue weighted by atomic mass is 35.5. The van der Waals surface area contributed by atoms with Gasteiger partial charge in [0, 0.05) is 26.9 Å². The molecule has 3 heteroatoms. The van der Waals surface area contributed by atoms with Gasteiger partial charge in [-0.3, -0.25) is 0 Å². The summed E-state index contributed by atoms with van der Waals surface area (Å²) in [6, 6.07) is 12.2. The summed E-state index contributed by atoms with van der Waals surface area (Å²) in [5.41, 5.74) is 2.43. The van der Waals surface area contributed by atoms with Gasteiger partial charge in [-0.25, -0.2) is 0 Å². The second kappa shape index (κ2) is 6.19. The largest absolute Gasteiger partial charge is 0.316 e. The lowest BCUT2D eigenvalue weighted by Gasteiger charge is -2.00. The maximum atomic E-state index is 6.20. The van der Waals surface area contributed by atoms with Gasteiger partial charge < -0.3 is 5.32 Å². The molecule has 1 aromatic carbocycles. The standard InChI is InChI=1S/C15H16ClNS/c1-11(10-17-2)9-12-7-8-15(18-12)13-5-3-4-6-14(13)16/h3-9,17H,10H2,1-2H3. The Hall–Kier alpha value is -1.09. The number of hydrogen-bond acceptors (Lipinski definition) is 2. The second-order valence-corrected chi connectivity index (χ2v) is 5.73. The van der Waals surface area contributed by atoms with E-state index < -0.39 is 0 Å². The summed E-state index contributed by atoms with van der Waals surface area (Å²) in [6.07, 6.45) is 2.21. The van der Waals surface area contributed by atoms with Gasteiger partial charge in [0.1, 0.15) is 0 Å². The smallest absolute Gasteiger partial charge is 0.0492 e. The van der Waals surface area contributed by atoms with E-state index in [1.54, 1.807) is 11.3 Å². The fraction of sp³-hybridized carbons (Fsp3) is 0.200. The minimum absolute atomic E-state index is 0.807. The van der Waals surface area contributed by atoms with Gasteiger partial charge >= 0.3 is 0 Å². The van der Waals surface area contributed by atoms with Crippen LogP contribution in [-0.2, 0) is 0 Å². The first-order chi connectivity index (χ1) is 8.70. The molecule has 0 radical (unpaired) electrons. The van der Waals surface area contributed by atoms with Crippen LogP contribution in [0.15, 0.2) is 42.0 Å². The quantitative estimate of drug-likeness (QED) is 0.855. The van der Waals surface area contributed by atoms with Crippen molar-refractivity contribution in [2.75, 3.05) is 13.6 Å². The van der Waals surface area contributed by atoms with Crippen LogP contribution in [0.1, 0.15) is 11.8 Å². The highest BCUT2D eigenvalue weighted by Crippen LogP contribution is 2.33. The molecule has 18 heavy (non-hydrogen) atoms. The molecule has 1 aromatic heterocycles. The third kappa shape index (κ3) is 3.22. The van der Waals surface area contributed by atoms with Crippen LogP contribution >= 0.6 is 22.9 Å². The lowest BCUT2D eigenvalue weighted by Crippen LogP contribution is -2.08. The number of likely N-dealkylation sites (N-methyl/N-ethyl adjacent to an activating group) is 1. The molecular formula is C15H16ClNS. The Morgan fingerprint density at radius 1 is 1.28 bits per heavy atom. The van der Waals surface area contributed by atoms with E-state index in [1.165, 1.54) is 15.3 Å². The number of nitrogens with one attached hydrogen (secondary N) is 1. The van der Waals surface area contributed by atoms with Crippen molar-refractivity contribution >= 4 is 29.0 Å². The van der Waals surface area contributed by atoms with Crippen LogP contribution in [0.4, 0.5) is 0 Å². The molecule has 0 amide bonds. The van der Waals surface area contributed by atoms with Gasteiger partial charge in [0.05, 0.1) is 0 Å². The van der Waals surface area contributed by atoms with Crippen molar-refractivity contribution in [3.8, 4) is 10.4 Å². The van der Waals surface area contributed by atoms with E-state index in [-0.39, 0.29) is 0 Å². The van der Waals surface area contributed by atoms with Crippen LogP contribution < -0.4 is 5.32 Å². The fourth-order valence-corrected chi connectivity index (χ4v) is 3.18. The molecule has 1 N–H and O–H groups in total. The maximum Gasteiger partial charge on any atom is 0.0492 e. The SMILES string of the molecule is CNCC(C)=Cc1ccc(-c2ccccc2Cl)s1. The van der Waals surface area contributed by atoms with Crippen molar-refractivity contribution in [3.63, 3.8) is 0 Å². The van der Waals surface area contributed by atoms with Crippen molar-refractivity contribution in [1.82, 2.24) is 5.32 Å². The Bertz CT molecular complexity index is 557. The zero-order chi connectivity index (χ0) is 13.0. The monoisotopic (exact) mass is 277 g/mol. The number of thiophene rings is 1. The van der Waals surface area contributed by atoms with Gasteiger partial charge in [-0.2, -0.15) is 0 Å². The molecule has 0 atom stereocenters. The van der Waals surface area contributed by atoms with Crippen LogP contribution in [0.5, 0.6) is 0 Å². The maximum absolute atomic E-state index is 6.20. The van der Waals surface area contributed by atoms with E-state index in [9.17, 15) is 0 Å². The third-order valence-electron chi connectivity index (χ3n) is 2.61. The highest BCUT2D eigenvalue weighted by Gasteiger charge is 2.05. The lowest BCUT2D eigenvalue weighted by molar-refractivity contribution is 0.885. The average molecular weight is 278 g/mol. The topological polar surface area (TPSA) is 12.0 Å². The predicted molar refractivity (Wildman–Crippen MR) is 82.3 cm³/mol. The van der Waals surface area contributed by atoms with Gasteiger partial charge in [-0.1, -0.05) is 35.4 Å². The molecule has 2 rings (SSSR count). The van der Waals surface area contributed by atoms with Gasteiger partial charge in [0.2, 0.25) is 0 Å². The van der Waals surface area contributed by atoms with E-state index in [0.717, 1.165) is 17.1 Å². The van der Waals surface area contributed by atoms with Crippen LogP contribution in [-0.4, -0.2) is 13.6 Å². The second-order valence-electron chi connectivity index (χ2n) is 4.20. The highest BCUT2D eigenvalue weighted by molar-refractivity contribution is 7.16. The van der Waals surface area contributed by atoms with Gasteiger partial charge in [-0.15, -0.1) is 11.3 Å². The first-order valence-electron chi connectivity index (χ1n) is 5.87. The number of rotatable bonds is 4. The molecule has 0 bridgehead atoms. The van der Waals surface area contributed by atoms with E-state index in [2.05, 4.69) is 36.5 Å². The first-order valence-corrected chi connectivity index (χ1v) is 7.06.